The minimum absolute atomic E-state index is 0.0602. The van der Waals surface area contributed by atoms with Crippen LogP contribution >= 0.6 is 0 Å². The van der Waals surface area contributed by atoms with Gasteiger partial charge in [-0.3, -0.25) is 9.59 Å². The van der Waals surface area contributed by atoms with Crippen LogP contribution in [0.1, 0.15) is 43.0 Å². The molecule has 3 rings (SSSR count). The molecule has 1 aliphatic heterocycles. The Hall–Kier alpha value is -3.38. The maximum absolute atomic E-state index is 13.9. The normalized spacial score (nSPS) is 20.2. The van der Waals surface area contributed by atoms with Gasteiger partial charge in [-0.05, 0) is 64.1 Å². The van der Waals surface area contributed by atoms with E-state index in [1.54, 1.807) is 17.9 Å². The molecule has 1 N–H and O–H groups in total. The van der Waals surface area contributed by atoms with Crippen molar-refractivity contribution in [2.24, 2.45) is 11.3 Å². The summed E-state index contributed by atoms with van der Waals surface area (Å²) in [6.07, 6.45) is -4.68. The van der Waals surface area contributed by atoms with E-state index in [2.05, 4.69) is 5.32 Å². The number of benzene rings is 2. The van der Waals surface area contributed by atoms with Gasteiger partial charge in [0.2, 0.25) is 11.8 Å². The predicted molar refractivity (Wildman–Crippen MR) is 132 cm³/mol. The number of rotatable bonds is 6. The largest absolute Gasteiger partial charge is 0.416 e. The number of alkyl halides is 3. The van der Waals surface area contributed by atoms with Crippen LogP contribution < -0.4 is 10.2 Å². The first kappa shape index (κ1) is 27.2. The second-order valence-corrected chi connectivity index (χ2v) is 9.91. The Balaban J connectivity index is 2.08. The zero-order chi connectivity index (χ0) is 27.0. The SMILES string of the molecule is Cc1cccc(C)c1N1C[C@@](CN(C)C(C)C)(C(=O)Nc2cc(C#N)cc(C(F)(F)F)c2)[C@H](C)C1=O. The van der Waals surface area contributed by atoms with Crippen molar-refractivity contribution in [2.75, 3.05) is 30.4 Å². The topological polar surface area (TPSA) is 76.4 Å². The molecule has 0 bridgehead atoms. The Bertz CT molecular complexity index is 1200. The van der Waals surface area contributed by atoms with Gasteiger partial charge in [-0.25, -0.2) is 0 Å². The van der Waals surface area contributed by atoms with Gasteiger partial charge in [-0.15, -0.1) is 0 Å². The highest BCUT2D eigenvalue weighted by Crippen LogP contribution is 2.43. The van der Waals surface area contributed by atoms with Gasteiger partial charge in [0.1, 0.15) is 0 Å². The van der Waals surface area contributed by atoms with Gasteiger partial charge < -0.3 is 15.1 Å². The Labute approximate surface area is 209 Å². The van der Waals surface area contributed by atoms with E-state index >= 15 is 0 Å². The molecule has 0 aromatic heterocycles. The van der Waals surface area contributed by atoms with Gasteiger partial charge in [-0.1, -0.05) is 25.1 Å². The van der Waals surface area contributed by atoms with Crippen LogP contribution in [-0.4, -0.2) is 42.9 Å². The first-order chi connectivity index (χ1) is 16.7. The second-order valence-electron chi connectivity index (χ2n) is 9.91. The fraction of sp³-hybridized carbons (Fsp3) is 0.444. The molecule has 0 radical (unpaired) electrons. The number of nitrogens with one attached hydrogen (secondary N) is 1. The molecule has 36 heavy (non-hydrogen) atoms. The summed E-state index contributed by atoms with van der Waals surface area (Å²) in [5.74, 6) is -1.52. The molecule has 6 nitrogen and oxygen atoms in total. The maximum Gasteiger partial charge on any atom is 0.416 e. The number of carbonyl (C=O) groups excluding carboxylic acids is 2. The number of carbonyl (C=O) groups is 2. The zero-order valence-corrected chi connectivity index (χ0v) is 21.3. The average molecular weight is 501 g/mol. The Kier molecular flexibility index (Phi) is 7.51. The molecule has 2 amide bonds. The molecule has 0 spiro atoms. The molecule has 0 aliphatic carbocycles. The monoisotopic (exact) mass is 500 g/mol. The Morgan fingerprint density at radius 2 is 1.86 bits per heavy atom. The molecule has 9 heteroatoms. The fourth-order valence-electron chi connectivity index (χ4n) is 4.73. The van der Waals surface area contributed by atoms with Crippen LogP contribution in [-0.2, 0) is 15.8 Å². The minimum Gasteiger partial charge on any atom is -0.325 e. The second kappa shape index (κ2) is 9.94. The highest BCUT2D eigenvalue weighted by Gasteiger charge is 2.56. The highest BCUT2D eigenvalue weighted by atomic mass is 19.4. The number of nitrogens with zero attached hydrogens (tertiary/aromatic N) is 3. The van der Waals surface area contributed by atoms with Crippen molar-refractivity contribution in [1.29, 1.82) is 5.26 Å². The summed E-state index contributed by atoms with van der Waals surface area (Å²) in [6, 6.07) is 10.2. The number of anilines is 2. The lowest BCUT2D eigenvalue weighted by Crippen LogP contribution is -2.51. The van der Waals surface area contributed by atoms with Crippen LogP contribution in [0.4, 0.5) is 24.5 Å². The summed E-state index contributed by atoms with van der Waals surface area (Å²) in [6.45, 7) is 9.70. The molecule has 1 fully saturated rings. The summed E-state index contributed by atoms with van der Waals surface area (Å²) in [4.78, 5) is 31.0. The third-order valence-electron chi connectivity index (χ3n) is 7.13. The number of aryl methyl sites for hydroxylation is 2. The highest BCUT2D eigenvalue weighted by molar-refractivity contribution is 6.08. The molecular weight excluding hydrogens is 469 g/mol. The van der Waals surface area contributed by atoms with Crippen LogP contribution in [0, 0.1) is 36.5 Å². The fourth-order valence-corrected chi connectivity index (χ4v) is 4.73. The zero-order valence-electron chi connectivity index (χ0n) is 21.3. The number of amides is 2. The molecule has 2 aromatic rings. The third-order valence-corrected chi connectivity index (χ3v) is 7.13. The average Bonchev–Trinajstić information content (AvgIpc) is 3.04. The van der Waals surface area contributed by atoms with Crippen molar-refractivity contribution in [3.05, 3.63) is 58.7 Å². The van der Waals surface area contributed by atoms with E-state index in [1.807, 2.05) is 57.8 Å². The van der Waals surface area contributed by atoms with Gasteiger partial charge in [0, 0.05) is 30.5 Å². The lowest BCUT2D eigenvalue weighted by Gasteiger charge is -2.36. The first-order valence-electron chi connectivity index (χ1n) is 11.7. The molecule has 2 atom stereocenters. The van der Waals surface area contributed by atoms with Crippen molar-refractivity contribution in [3.8, 4) is 6.07 Å². The number of halogens is 3. The molecule has 1 aliphatic rings. The van der Waals surface area contributed by atoms with Gasteiger partial charge in [0.25, 0.3) is 0 Å². The van der Waals surface area contributed by atoms with Crippen LogP contribution in [0.3, 0.4) is 0 Å². The van der Waals surface area contributed by atoms with E-state index in [9.17, 15) is 28.0 Å². The van der Waals surface area contributed by atoms with Gasteiger partial charge in [0.15, 0.2) is 0 Å². The van der Waals surface area contributed by atoms with Gasteiger partial charge >= 0.3 is 6.18 Å². The molecule has 1 heterocycles. The summed E-state index contributed by atoms with van der Waals surface area (Å²) >= 11 is 0. The van der Waals surface area contributed by atoms with Crippen LogP contribution in [0.15, 0.2) is 36.4 Å². The summed E-state index contributed by atoms with van der Waals surface area (Å²) in [5, 5.41) is 11.8. The summed E-state index contributed by atoms with van der Waals surface area (Å²) in [7, 11) is 1.84. The Morgan fingerprint density at radius 3 is 2.39 bits per heavy atom. The number of para-hydroxylation sites is 1. The van der Waals surface area contributed by atoms with Crippen LogP contribution in [0.5, 0.6) is 0 Å². The van der Waals surface area contributed by atoms with Crippen molar-refractivity contribution in [3.63, 3.8) is 0 Å². The van der Waals surface area contributed by atoms with E-state index in [1.165, 1.54) is 6.07 Å². The molecule has 0 unspecified atom stereocenters. The molecular formula is C27H31F3N4O2. The Morgan fingerprint density at radius 1 is 1.25 bits per heavy atom. The standard InChI is InChI=1S/C27H31F3N4O2/c1-16(2)33(6)14-26(15-34(24(35)19(26)5)23-17(3)8-7-9-18(23)4)25(36)32-22-11-20(13-31)10-21(12-22)27(28,29)30/h7-12,16,19H,14-15H2,1-6H3,(H,32,36)/t19-,26-/m1/s1. The third kappa shape index (κ3) is 5.09. The van der Waals surface area contributed by atoms with Crippen molar-refractivity contribution < 1.29 is 22.8 Å². The molecule has 192 valence electrons. The van der Waals surface area contributed by atoms with Gasteiger partial charge in [-0.2, -0.15) is 18.4 Å². The lowest BCUT2D eigenvalue weighted by molar-refractivity contribution is -0.137. The summed E-state index contributed by atoms with van der Waals surface area (Å²) < 4.78 is 40.2. The van der Waals surface area contributed by atoms with E-state index in [0.29, 0.717) is 0 Å². The van der Waals surface area contributed by atoms with E-state index in [4.69, 9.17) is 0 Å². The minimum atomic E-state index is -4.68. The van der Waals surface area contributed by atoms with Crippen LogP contribution in [0.25, 0.3) is 0 Å². The van der Waals surface area contributed by atoms with E-state index < -0.39 is 29.0 Å². The van der Waals surface area contributed by atoms with Crippen molar-refractivity contribution in [2.45, 2.75) is 46.8 Å². The number of nitriles is 1. The van der Waals surface area contributed by atoms with Gasteiger partial charge in [0.05, 0.1) is 28.5 Å². The van der Waals surface area contributed by atoms with Crippen molar-refractivity contribution in [1.82, 2.24) is 4.90 Å². The van der Waals surface area contributed by atoms with E-state index in [0.717, 1.165) is 28.9 Å². The first-order valence-corrected chi connectivity index (χ1v) is 11.7. The number of hydrogen-bond acceptors (Lipinski definition) is 4. The lowest BCUT2D eigenvalue weighted by atomic mass is 9.77. The predicted octanol–water partition coefficient (Wildman–Crippen LogP) is 5.14. The van der Waals surface area contributed by atoms with E-state index in [-0.39, 0.29) is 36.3 Å². The summed E-state index contributed by atoms with van der Waals surface area (Å²) in [5.41, 5.74) is -0.114. The molecule has 1 saturated heterocycles. The number of hydrogen-bond donors (Lipinski definition) is 1. The molecule has 2 aromatic carbocycles. The van der Waals surface area contributed by atoms with Crippen LogP contribution in [0.2, 0.25) is 0 Å². The molecule has 0 saturated carbocycles. The van der Waals surface area contributed by atoms with Crippen molar-refractivity contribution >= 4 is 23.2 Å². The quantitative estimate of drug-likeness (QED) is 0.596. The maximum atomic E-state index is 13.9. The smallest absolute Gasteiger partial charge is 0.325 e.